The van der Waals surface area contributed by atoms with Crippen molar-refractivity contribution in [3.05, 3.63) is 42.0 Å². The van der Waals surface area contributed by atoms with E-state index in [2.05, 4.69) is 37.8 Å². The molecule has 2 saturated carbocycles. The van der Waals surface area contributed by atoms with Gasteiger partial charge in [0.15, 0.2) is 0 Å². The molecule has 1 aromatic carbocycles. The van der Waals surface area contributed by atoms with Gasteiger partial charge in [0.05, 0.1) is 16.9 Å². The molecule has 1 unspecified atom stereocenters. The number of aromatic nitrogens is 1. The Kier molecular flexibility index (Phi) is 5.87. The highest BCUT2D eigenvalue weighted by molar-refractivity contribution is 8.02. The van der Waals surface area contributed by atoms with Crippen LogP contribution in [0.3, 0.4) is 0 Å². The van der Waals surface area contributed by atoms with Crippen LogP contribution in [0.1, 0.15) is 69.2 Å². The van der Waals surface area contributed by atoms with Gasteiger partial charge in [0.2, 0.25) is 0 Å². The summed E-state index contributed by atoms with van der Waals surface area (Å²) in [6, 6.07) is 11.8. The predicted molar refractivity (Wildman–Crippen MR) is 148 cm³/mol. The van der Waals surface area contributed by atoms with Crippen molar-refractivity contribution >= 4 is 40.9 Å². The quantitative estimate of drug-likeness (QED) is 0.440. The van der Waals surface area contributed by atoms with Crippen LogP contribution in [-0.4, -0.2) is 52.5 Å². The maximum absolute atomic E-state index is 13.5. The zero-order chi connectivity index (χ0) is 25.0. The number of carbonyl (C=O) groups excluding carboxylic acids is 1. The molecular weight excluding hydrogens is 470 g/mol. The van der Waals surface area contributed by atoms with E-state index in [4.69, 9.17) is 0 Å². The van der Waals surface area contributed by atoms with Crippen LogP contribution in [-0.2, 0) is 0 Å². The molecule has 3 N–H and O–H groups in total. The van der Waals surface area contributed by atoms with Gasteiger partial charge < -0.3 is 24.9 Å². The molecule has 1 amide bonds. The van der Waals surface area contributed by atoms with Crippen molar-refractivity contribution in [2.45, 2.75) is 69.1 Å². The molecule has 2 aromatic rings. The van der Waals surface area contributed by atoms with Gasteiger partial charge in [0.25, 0.3) is 5.91 Å². The molecule has 1 spiro atoms. The summed E-state index contributed by atoms with van der Waals surface area (Å²) >= 11 is 1.79. The summed E-state index contributed by atoms with van der Waals surface area (Å²) < 4.78 is 3.87. The van der Waals surface area contributed by atoms with Gasteiger partial charge in [-0.15, -0.1) is 0 Å². The summed E-state index contributed by atoms with van der Waals surface area (Å²) in [5, 5.41) is 13.4. The molecule has 0 bridgehead atoms. The van der Waals surface area contributed by atoms with Crippen LogP contribution in [0.15, 0.2) is 36.4 Å². The first-order valence-electron chi connectivity index (χ1n) is 13.3. The number of piperidine rings is 1. The molecule has 3 heterocycles. The minimum absolute atomic E-state index is 0.136. The SMILES string of the molecule is CC1(O)CCN(c2cccc(NC(=O)c3ccc(NSC4(C)CC4)cc3N3CCC4(CC3)CC4)n2)C1. The van der Waals surface area contributed by atoms with Crippen molar-refractivity contribution in [1.29, 1.82) is 0 Å². The van der Waals surface area contributed by atoms with Gasteiger partial charge in [-0.2, -0.15) is 0 Å². The molecule has 1 aromatic heterocycles. The van der Waals surface area contributed by atoms with Crippen molar-refractivity contribution in [1.82, 2.24) is 4.98 Å². The fraction of sp³-hybridized carbons (Fsp3) is 0.571. The lowest BCUT2D eigenvalue weighted by atomic mass is 9.93. The topological polar surface area (TPSA) is 80.7 Å². The Balaban J connectivity index is 1.21. The number of β-amino-alcohol motifs (C(OH)–C–C–N with tert-alkyl or cyclic N) is 1. The average Bonchev–Trinajstić information content (AvgIpc) is 3.77. The third-order valence-corrected chi connectivity index (χ3v) is 9.72. The summed E-state index contributed by atoms with van der Waals surface area (Å²) in [5.41, 5.74) is 2.62. The first kappa shape index (κ1) is 23.9. The Bertz CT molecular complexity index is 1150. The Morgan fingerprint density at radius 2 is 1.72 bits per heavy atom. The number of nitrogens with zero attached hydrogens (tertiary/aromatic N) is 3. The highest BCUT2D eigenvalue weighted by Gasteiger charge is 2.45. The molecule has 6 rings (SSSR count). The van der Waals surface area contributed by atoms with Crippen LogP contribution in [0.25, 0.3) is 0 Å². The fourth-order valence-electron chi connectivity index (χ4n) is 5.40. The Morgan fingerprint density at radius 3 is 2.39 bits per heavy atom. The minimum atomic E-state index is -0.700. The molecule has 192 valence electrons. The number of anilines is 4. The number of carbonyl (C=O) groups is 1. The van der Waals surface area contributed by atoms with Gasteiger partial charge in [0, 0.05) is 36.6 Å². The predicted octanol–water partition coefficient (Wildman–Crippen LogP) is 5.29. The summed E-state index contributed by atoms with van der Waals surface area (Å²) in [6.45, 7) is 7.44. The van der Waals surface area contributed by atoms with E-state index in [1.807, 2.05) is 37.3 Å². The molecular formula is C28H37N5O2S. The number of benzene rings is 1. The Hall–Kier alpha value is -2.45. The van der Waals surface area contributed by atoms with E-state index in [0.717, 1.165) is 36.8 Å². The van der Waals surface area contributed by atoms with Gasteiger partial charge in [-0.05, 0) is 106 Å². The summed E-state index contributed by atoms with van der Waals surface area (Å²) in [7, 11) is 0. The third-order valence-electron chi connectivity index (χ3n) is 8.49. The van der Waals surface area contributed by atoms with Crippen LogP contribution >= 0.6 is 11.9 Å². The van der Waals surface area contributed by atoms with Crippen LogP contribution in [0, 0.1) is 5.41 Å². The smallest absolute Gasteiger partial charge is 0.258 e. The van der Waals surface area contributed by atoms with Crippen molar-refractivity contribution in [2.24, 2.45) is 5.41 Å². The van der Waals surface area contributed by atoms with Gasteiger partial charge >= 0.3 is 0 Å². The number of pyridine rings is 1. The highest BCUT2D eigenvalue weighted by atomic mass is 32.2. The van der Waals surface area contributed by atoms with E-state index >= 15 is 0 Å². The number of aliphatic hydroxyl groups is 1. The Morgan fingerprint density at radius 1 is 0.972 bits per heavy atom. The molecule has 36 heavy (non-hydrogen) atoms. The van der Waals surface area contributed by atoms with E-state index in [1.54, 1.807) is 11.9 Å². The molecule has 1 atom stereocenters. The lowest BCUT2D eigenvalue weighted by Gasteiger charge is -2.35. The molecule has 2 saturated heterocycles. The van der Waals surface area contributed by atoms with Crippen LogP contribution < -0.4 is 19.8 Å². The number of hydrogen-bond acceptors (Lipinski definition) is 7. The van der Waals surface area contributed by atoms with E-state index < -0.39 is 5.60 Å². The molecule has 2 aliphatic carbocycles. The van der Waals surface area contributed by atoms with Crippen molar-refractivity contribution < 1.29 is 9.90 Å². The maximum atomic E-state index is 13.5. The van der Waals surface area contributed by atoms with Crippen molar-refractivity contribution in [3.8, 4) is 0 Å². The van der Waals surface area contributed by atoms with Gasteiger partial charge in [-0.1, -0.05) is 6.07 Å². The largest absolute Gasteiger partial charge is 0.388 e. The van der Waals surface area contributed by atoms with Gasteiger partial charge in [0.1, 0.15) is 11.6 Å². The second-order valence-corrected chi connectivity index (χ2v) is 13.3. The van der Waals surface area contributed by atoms with E-state index in [9.17, 15) is 9.90 Å². The molecule has 7 nitrogen and oxygen atoms in total. The normalized spacial score (nSPS) is 25.6. The summed E-state index contributed by atoms with van der Waals surface area (Å²) in [5.74, 6) is 1.18. The van der Waals surface area contributed by atoms with E-state index in [0.29, 0.717) is 34.5 Å². The van der Waals surface area contributed by atoms with Crippen LogP contribution in [0.5, 0.6) is 0 Å². The first-order valence-corrected chi connectivity index (χ1v) is 14.1. The minimum Gasteiger partial charge on any atom is -0.388 e. The molecule has 0 radical (unpaired) electrons. The number of hydrogen-bond donors (Lipinski definition) is 3. The molecule has 4 fully saturated rings. The highest BCUT2D eigenvalue weighted by Crippen LogP contribution is 2.54. The zero-order valence-electron chi connectivity index (χ0n) is 21.3. The van der Waals surface area contributed by atoms with E-state index in [1.165, 1.54) is 38.5 Å². The lowest BCUT2D eigenvalue weighted by Crippen LogP contribution is -2.35. The summed E-state index contributed by atoms with van der Waals surface area (Å²) in [4.78, 5) is 22.7. The number of nitrogens with one attached hydrogen (secondary N) is 2. The fourth-order valence-corrected chi connectivity index (χ4v) is 6.20. The summed E-state index contributed by atoms with van der Waals surface area (Å²) in [6.07, 6.45) is 8.34. The second kappa shape index (κ2) is 8.84. The first-order chi connectivity index (χ1) is 17.2. The average molecular weight is 508 g/mol. The number of amides is 1. The third kappa shape index (κ3) is 5.16. The second-order valence-electron chi connectivity index (χ2n) is 11.9. The molecule has 2 aliphatic heterocycles. The van der Waals surface area contributed by atoms with Crippen molar-refractivity contribution in [3.63, 3.8) is 0 Å². The molecule has 4 aliphatic rings. The van der Waals surface area contributed by atoms with Gasteiger partial charge in [-0.25, -0.2) is 4.98 Å². The molecule has 8 heteroatoms. The van der Waals surface area contributed by atoms with E-state index in [-0.39, 0.29) is 5.91 Å². The monoisotopic (exact) mass is 507 g/mol. The van der Waals surface area contributed by atoms with Crippen molar-refractivity contribution in [2.75, 3.05) is 46.0 Å². The zero-order valence-corrected chi connectivity index (χ0v) is 22.2. The Labute approximate surface area is 218 Å². The van der Waals surface area contributed by atoms with Crippen LogP contribution in [0.4, 0.5) is 23.0 Å². The maximum Gasteiger partial charge on any atom is 0.258 e. The van der Waals surface area contributed by atoms with Gasteiger partial charge in [-0.3, -0.25) is 4.79 Å². The lowest BCUT2D eigenvalue weighted by molar-refractivity contribution is 0.0838. The van der Waals surface area contributed by atoms with Crippen LogP contribution in [0.2, 0.25) is 0 Å². The number of rotatable bonds is 7. The standard InChI is InChI=1S/C28H37N5O2S/c1-26(35)12-15-33(19-26)24-5-3-4-23(29-24)30-25(34)21-7-6-20(31-36-27(2)8-9-27)18-22(21)32-16-13-28(10-11-28)14-17-32/h3-7,18,31,35H,8-17,19H2,1-2H3,(H,29,30,34).